The largest absolute Gasteiger partial charge is 0.444 e. The van der Waals surface area contributed by atoms with Crippen molar-refractivity contribution in [2.75, 3.05) is 18.0 Å². The van der Waals surface area contributed by atoms with E-state index in [2.05, 4.69) is 5.32 Å². The number of ether oxygens (including phenoxy) is 1. The van der Waals surface area contributed by atoms with E-state index in [-0.39, 0.29) is 17.3 Å². The summed E-state index contributed by atoms with van der Waals surface area (Å²) < 4.78 is 8.08. The molecule has 1 aliphatic heterocycles. The van der Waals surface area contributed by atoms with Crippen LogP contribution in [0.2, 0.25) is 5.02 Å². The second-order valence-electron chi connectivity index (χ2n) is 10.0. The van der Waals surface area contributed by atoms with Crippen LogP contribution in [0.4, 0.5) is 10.6 Å². The number of fused-ring (bicyclic) bond motifs is 1. The van der Waals surface area contributed by atoms with Gasteiger partial charge >= 0.3 is 6.09 Å². The maximum atomic E-state index is 13.4. The first-order chi connectivity index (χ1) is 16.9. The van der Waals surface area contributed by atoms with Gasteiger partial charge in [0, 0.05) is 43.2 Å². The third-order valence-electron chi connectivity index (χ3n) is 6.12. The molecule has 4 rings (SSSR count). The van der Waals surface area contributed by atoms with E-state index in [0.717, 1.165) is 18.4 Å². The quantitative estimate of drug-likeness (QED) is 0.539. The monoisotopic (exact) mass is 514 g/mol. The van der Waals surface area contributed by atoms with Crippen molar-refractivity contribution < 1.29 is 14.3 Å². The predicted octanol–water partition coefficient (Wildman–Crippen LogP) is 2.87. The normalized spacial score (nSPS) is 16.2. The van der Waals surface area contributed by atoms with Gasteiger partial charge in [-0.05, 0) is 45.2 Å². The Morgan fingerprint density at radius 2 is 2.00 bits per heavy atom. The number of nitrogens with zero attached hydrogens (tertiary/aromatic N) is 4. The van der Waals surface area contributed by atoms with Gasteiger partial charge in [0.2, 0.25) is 0 Å². The van der Waals surface area contributed by atoms with Crippen molar-refractivity contribution in [3.63, 3.8) is 0 Å². The van der Waals surface area contributed by atoms with Gasteiger partial charge in [-0.25, -0.2) is 9.31 Å². The molecule has 1 fully saturated rings. The van der Waals surface area contributed by atoms with Crippen LogP contribution in [-0.4, -0.2) is 50.9 Å². The van der Waals surface area contributed by atoms with Crippen LogP contribution < -0.4 is 21.5 Å². The topological polar surface area (TPSA) is 124 Å². The Morgan fingerprint density at radius 1 is 1.28 bits per heavy atom. The van der Waals surface area contributed by atoms with Crippen molar-refractivity contribution in [3.05, 3.63) is 62.7 Å². The number of hydrogen-bond donors (Lipinski definition) is 2. The van der Waals surface area contributed by atoms with Gasteiger partial charge in [0.25, 0.3) is 11.5 Å². The third kappa shape index (κ3) is 5.33. The number of carbonyl (C=O) groups excluding carboxylic acids is 2. The summed E-state index contributed by atoms with van der Waals surface area (Å²) in [6.45, 7) is 6.63. The van der Waals surface area contributed by atoms with Crippen LogP contribution in [0.3, 0.4) is 0 Å². The summed E-state index contributed by atoms with van der Waals surface area (Å²) in [5, 5.41) is 8.24. The van der Waals surface area contributed by atoms with Crippen molar-refractivity contribution in [1.29, 1.82) is 0 Å². The highest BCUT2D eigenvalue weighted by Crippen LogP contribution is 2.30. The van der Waals surface area contributed by atoms with Crippen molar-refractivity contribution in [1.82, 2.24) is 19.5 Å². The van der Waals surface area contributed by atoms with E-state index in [1.807, 2.05) is 43.9 Å². The summed E-state index contributed by atoms with van der Waals surface area (Å²) in [6.07, 6.45) is 2.96. The number of halogens is 1. The minimum Gasteiger partial charge on any atom is -0.444 e. The fraction of sp³-hybridized carbons (Fsp3) is 0.440. The Balaban J connectivity index is 1.76. The molecule has 0 spiro atoms. The van der Waals surface area contributed by atoms with Crippen molar-refractivity contribution >= 4 is 34.9 Å². The standard InChI is InChI=1S/C25H31ClN6O4/c1-25(2,3)36-24(35)28-16-9-7-11-31(13-16)22-17(12-15-8-5-6-10-18(15)26)20-23(34)30(4)19(21(27)33)14-32(20)29-22/h5-6,8,10,14,16H,7,9,11-13H2,1-4H3,(H2,27,33)(H,28,35)/t16-/m1/s1. The molecule has 2 aromatic heterocycles. The average molecular weight is 515 g/mol. The molecule has 1 atom stereocenters. The van der Waals surface area contributed by atoms with Gasteiger partial charge in [0.05, 0.1) is 6.20 Å². The number of anilines is 1. The van der Waals surface area contributed by atoms with E-state index in [0.29, 0.717) is 41.4 Å². The number of nitrogens with one attached hydrogen (secondary N) is 1. The van der Waals surface area contributed by atoms with E-state index >= 15 is 0 Å². The SMILES string of the molecule is Cn1c(C(N)=O)cn2nc(N3CCC[C@@H](NC(=O)OC(C)(C)C)C3)c(Cc3ccccc3Cl)c2c1=O. The molecule has 0 aliphatic carbocycles. The fourth-order valence-electron chi connectivity index (χ4n) is 4.49. The second kappa shape index (κ2) is 9.85. The molecule has 11 heteroatoms. The number of aromatic nitrogens is 3. The maximum Gasteiger partial charge on any atom is 0.407 e. The number of amides is 2. The summed E-state index contributed by atoms with van der Waals surface area (Å²) >= 11 is 6.45. The van der Waals surface area contributed by atoms with Crippen LogP contribution in [0.5, 0.6) is 0 Å². The zero-order valence-corrected chi connectivity index (χ0v) is 21.6. The van der Waals surface area contributed by atoms with Crippen LogP contribution in [-0.2, 0) is 18.2 Å². The van der Waals surface area contributed by atoms with Gasteiger partial charge in [0.15, 0.2) is 5.82 Å². The lowest BCUT2D eigenvalue weighted by Crippen LogP contribution is -2.49. The highest BCUT2D eigenvalue weighted by Gasteiger charge is 2.29. The molecule has 36 heavy (non-hydrogen) atoms. The highest BCUT2D eigenvalue weighted by molar-refractivity contribution is 6.31. The zero-order chi connectivity index (χ0) is 26.2. The molecule has 0 unspecified atom stereocenters. The summed E-state index contributed by atoms with van der Waals surface area (Å²) in [7, 11) is 1.51. The van der Waals surface area contributed by atoms with Crippen LogP contribution >= 0.6 is 11.6 Å². The van der Waals surface area contributed by atoms with Gasteiger partial charge in [-0.1, -0.05) is 29.8 Å². The number of piperidine rings is 1. The number of primary amides is 1. The number of alkyl carbamates (subject to hydrolysis) is 1. The Labute approximate surface area is 214 Å². The molecular weight excluding hydrogens is 484 g/mol. The Kier molecular flexibility index (Phi) is 6.99. The summed E-state index contributed by atoms with van der Waals surface area (Å²) in [4.78, 5) is 39.7. The summed E-state index contributed by atoms with van der Waals surface area (Å²) in [5.74, 6) is -0.120. The molecule has 1 aliphatic rings. The Bertz CT molecular complexity index is 1370. The van der Waals surface area contributed by atoms with Crippen LogP contribution in [0, 0.1) is 0 Å². The molecule has 1 saturated heterocycles. The molecule has 1 aromatic carbocycles. The van der Waals surface area contributed by atoms with E-state index in [1.165, 1.54) is 22.3 Å². The first kappa shape index (κ1) is 25.6. The lowest BCUT2D eigenvalue weighted by molar-refractivity contribution is 0.0499. The number of nitrogens with two attached hydrogens (primary N) is 1. The molecule has 0 saturated carbocycles. The number of rotatable bonds is 5. The van der Waals surface area contributed by atoms with E-state index in [9.17, 15) is 14.4 Å². The van der Waals surface area contributed by atoms with Gasteiger partial charge < -0.3 is 25.3 Å². The molecule has 0 radical (unpaired) electrons. The van der Waals surface area contributed by atoms with Crippen LogP contribution in [0.1, 0.15) is 55.2 Å². The first-order valence-corrected chi connectivity index (χ1v) is 12.2. The van der Waals surface area contributed by atoms with Crippen LogP contribution in [0.15, 0.2) is 35.3 Å². The average Bonchev–Trinajstić information content (AvgIpc) is 3.15. The minimum atomic E-state index is -0.721. The lowest BCUT2D eigenvalue weighted by atomic mass is 10.0. The molecule has 2 amide bonds. The lowest BCUT2D eigenvalue weighted by Gasteiger charge is -2.34. The Hall–Kier alpha value is -3.53. The first-order valence-electron chi connectivity index (χ1n) is 11.8. The molecular formula is C25H31ClN6O4. The second-order valence-corrected chi connectivity index (χ2v) is 10.4. The number of hydrogen-bond acceptors (Lipinski definition) is 6. The fourth-order valence-corrected chi connectivity index (χ4v) is 4.69. The number of carbonyl (C=O) groups is 2. The Morgan fingerprint density at radius 3 is 2.67 bits per heavy atom. The smallest absolute Gasteiger partial charge is 0.407 e. The molecule has 3 heterocycles. The van der Waals surface area contributed by atoms with Crippen molar-refractivity contribution in [2.24, 2.45) is 12.8 Å². The number of benzene rings is 1. The highest BCUT2D eigenvalue weighted by atomic mass is 35.5. The molecule has 3 N–H and O–H groups in total. The minimum absolute atomic E-state index is 0.0500. The van der Waals surface area contributed by atoms with Gasteiger partial charge in [-0.2, -0.15) is 0 Å². The van der Waals surface area contributed by atoms with Gasteiger partial charge in [-0.15, -0.1) is 5.10 Å². The molecule has 0 bridgehead atoms. The van der Waals surface area contributed by atoms with Crippen molar-refractivity contribution in [3.8, 4) is 0 Å². The summed E-state index contributed by atoms with van der Waals surface area (Å²) in [6, 6.07) is 7.28. The maximum absolute atomic E-state index is 13.4. The summed E-state index contributed by atoms with van der Waals surface area (Å²) in [5.41, 5.74) is 6.45. The predicted molar refractivity (Wildman–Crippen MR) is 138 cm³/mol. The van der Waals surface area contributed by atoms with Crippen molar-refractivity contribution in [2.45, 2.75) is 51.7 Å². The van der Waals surface area contributed by atoms with E-state index < -0.39 is 17.6 Å². The van der Waals surface area contributed by atoms with Gasteiger partial charge in [-0.3, -0.25) is 9.59 Å². The third-order valence-corrected chi connectivity index (χ3v) is 6.49. The zero-order valence-electron chi connectivity index (χ0n) is 20.9. The van der Waals surface area contributed by atoms with E-state index in [4.69, 9.17) is 27.2 Å². The molecule has 192 valence electrons. The molecule has 10 nitrogen and oxygen atoms in total. The van der Waals surface area contributed by atoms with Gasteiger partial charge in [0.1, 0.15) is 16.8 Å². The van der Waals surface area contributed by atoms with Crippen LogP contribution in [0.25, 0.3) is 5.52 Å². The molecule has 3 aromatic rings. The van der Waals surface area contributed by atoms with E-state index in [1.54, 1.807) is 6.07 Å².